The van der Waals surface area contributed by atoms with Gasteiger partial charge in [0.05, 0.1) is 18.0 Å². The number of sulfone groups is 1. The molecule has 0 amide bonds. The van der Waals surface area contributed by atoms with Crippen molar-refractivity contribution >= 4 is 15.5 Å². The second-order valence-corrected chi connectivity index (χ2v) is 6.09. The van der Waals surface area contributed by atoms with Gasteiger partial charge >= 0.3 is 0 Å². The Hall–Kier alpha value is -1.30. The van der Waals surface area contributed by atoms with Gasteiger partial charge in [-0.3, -0.25) is 0 Å². The fourth-order valence-corrected chi connectivity index (χ4v) is 2.06. The van der Waals surface area contributed by atoms with Crippen molar-refractivity contribution in [1.29, 1.82) is 0 Å². The fourth-order valence-electron chi connectivity index (χ4n) is 1.21. The van der Waals surface area contributed by atoms with E-state index in [0.29, 0.717) is 12.2 Å². The number of hydrogen-bond acceptors (Lipinski definition) is 4. The Kier molecular flexibility index (Phi) is 4.74. The Balaban J connectivity index is 2.39. The lowest BCUT2D eigenvalue weighted by molar-refractivity contribution is 0.316. The summed E-state index contributed by atoms with van der Waals surface area (Å²) in [4.78, 5) is 0. The molecule has 0 bridgehead atoms. The molecule has 17 heavy (non-hydrogen) atoms. The van der Waals surface area contributed by atoms with Crippen molar-refractivity contribution in [3.05, 3.63) is 24.0 Å². The molecule has 1 rings (SSSR count). The highest BCUT2D eigenvalue weighted by atomic mass is 32.2. The van der Waals surface area contributed by atoms with Crippen LogP contribution in [0.4, 0.5) is 10.1 Å². The monoisotopic (exact) mass is 261 g/mol. The van der Waals surface area contributed by atoms with E-state index in [1.165, 1.54) is 12.1 Å². The van der Waals surface area contributed by atoms with Crippen molar-refractivity contribution in [2.75, 3.05) is 23.8 Å². The summed E-state index contributed by atoms with van der Waals surface area (Å²) in [5.74, 6) is 0.0269. The van der Waals surface area contributed by atoms with Crippen molar-refractivity contribution < 1.29 is 17.5 Å². The van der Waals surface area contributed by atoms with Gasteiger partial charge in [-0.05, 0) is 18.6 Å². The highest BCUT2D eigenvalue weighted by molar-refractivity contribution is 7.91. The van der Waals surface area contributed by atoms with Crippen molar-refractivity contribution in [3.63, 3.8) is 0 Å². The third-order valence-electron chi connectivity index (χ3n) is 2.28. The molecular weight excluding hydrogens is 245 g/mol. The number of rotatable bonds is 6. The first-order valence-electron chi connectivity index (χ1n) is 5.33. The maximum Gasteiger partial charge on any atom is 0.150 e. The lowest BCUT2D eigenvalue weighted by Crippen LogP contribution is -2.11. The molecule has 0 unspecified atom stereocenters. The highest BCUT2D eigenvalue weighted by Gasteiger charge is 2.07. The number of ether oxygens (including phenoxy) is 1. The minimum absolute atomic E-state index is 0.0610. The van der Waals surface area contributed by atoms with Gasteiger partial charge in [0.15, 0.2) is 0 Å². The second kappa shape index (κ2) is 5.86. The van der Waals surface area contributed by atoms with Gasteiger partial charge in [-0.15, -0.1) is 0 Å². The zero-order valence-corrected chi connectivity index (χ0v) is 10.5. The third-order valence-corrected chi connectivity index (χ3v) is 4.07. The Morgan fingerprint density at radius 3 is 2.71 bits per heavy atom. The van der Waals surface area contributed by atoms with E-state index in [4.69, 9.17) is 10.5 Å². The number of benzene rings is 1. The lowest BCUT2D eigenvalue weighted by Gasteiger charge is -2.07. The van der Waals surface area contributed by atoms with Gasteiger partial charge in [0, 0.05) is 11.8 Å². The van der Waals surface area contributed by atoms with Crippen LogP contribution in [-0.2, 0) is 9.84 Å². The van der Waals surface area contributed by atoms with E-state index in [2.05, 4.69) is 0 Å². The zero-order chi connectivity index (χ0) is 12.9. The largest absolute Gasteiger partial charge is 0.493 e. The molecule has 0 atom stereocenters. The summed E-state index contributed by atoms with van der Waals surface area (Å²) in [5.41, 5.74) is 5.37. The predicted octanol–water partition coefficient (Wildman–Crippen LogP) is 1.61. The number of halogens is 1. The molecule has 0 spiro atoms. The van der Waals surface area contributed by atoms with E-state index >= 15 is 0 Å². The minimum atomic E-state index is -2.96. The molecular formula is C11H16FNO3S. The molecule has 0 heterocycles. The molecule has 4 nitrogen and oxygen atoms in total. The summed E-state index contributed by atoms with van der Waals surface area (Å²) in [5, 5.41) is 0. The average Bonchev–Trinajstić information content (AvgIpc) is 2.29. The van der Waals surface area contributed by atoms with Crippen LogP contribution in [-0.4, -0.2) is 26.5 Å². The van der Waals surface area contributed by atoms with Crippen LogP contribution in [0.3, 0.4) is 0 Å². The van der Waals surface area contributed by atoms with Crippen LogP contribution in [0, 0.1) is 5.82 Å². The van der Waals surface area contributed by atoms with E-state index in [9.17, 15) is 12.8 Å². The Bertz CT molecular complexity index is 474. The molecule has 0 aliphatic carbocycles. The predicted molar refractivity (Wildman–Crippen MR) is 65.3 cm³/mol. The van der Waals surface area contributed by atoms with Crippen LogP contribution in [0.25, 0.3) is 0 Å². The first-order valence-corrected chi connectivity index (χ1v) is 7.15. The molecule has 0 aliphatic rings. The van der Waals surface area contributed by atoms with Crippen molar-refractivity contribution in [2.45, 2.75) is 13.3 Å². The summed E-state index contributed by atoms with van der Waals surface area (Å²) in [6, 6.07) is 4.14. The lowest BCUT2D eigenvalue weighted by atomic mass is 10.3. The van der Waals surface area contributed by atoms with Gasteiger partial charge in [-0.1, -0.05) is 6.92 Å². The zero-order valence-electron chi connectivity index (χ0n) is 9.65. The maximum absolute atomic E-state index is 13.0. The van der Waals surface area contributed by atoms with Gasteiger partial charge in [0.25, 0.3) is 0 Å². The third kappa shape index (κ3) is 4.60. The van der Waals surface area contributed by atoms with Crippen LogP contribution >= 0.6 is 0 Å². The SMILES string of the molecule is CCS(=O)(=O)CCCOc1ccc(N)c(F)c1. The molecule has 0 saturated heterocycles. The summed E-state index contributed by atoms with van der Waals surface area (Å²) in [7, 11) is -2.96. The topological polar surface area (TPSA) is 69.4 Å². The summed E-state index contributed by atoms with van der Waals surface area (Å²) in [6.45, 7) is 1.84. The quantitative estimate of drug-likeness (QED) is 0.624. The van der Waals surface area contributed by atoms with E-state index < -0.39 is 15.7 Å². The molecule has 0 saturated carbocycles. The molecule has 0 aromatic heterocycles. The number of nitrogens with two attached hydrogens (primary N) is 1. The number of hydrogen-bond donors (Lipinski definition) is 1. The van der Waals surface area contributed by atoms with Crippen molar-refractivity contribution in [2.24, 2.45) is 0 Å². The van der Waals surface area contributed by atoms with Crippen molar-refractivity contribution in [3.8, 4) is 5.75 Å². The van der Waals surface area contributed by atoms with Crippen molar-refractivity contribution in [1.82, 2.24) is 0 Å². The minimum Gasteiger partial charge on any atom is -0.493 e. The molecule has 1 aromatic carbocycles. The number of anilines is 1. The van der Waals surface area contributed by atoms with E-state index in [1.54, 1.807) is 13.0 Å². The molecule has 0 fully saturated rings. The van der Waals surface area contributed by atoms with Gasteiger partial charge in [0.1, 0.15) is 21.4 Å². The fraction of sp³-hybridized carbons (Fsp3) is 0.455. The first-order chi connectivity index (χ1) is 7.94. The molecule has 6 heteroatoms. The van der Waals surface area contributed by atoms with Crippen LogP contribution in [0.1, 0.15) is 13.3 Å². The van der Waals surface area contributed by atoms with Crippen LogP contribution in [0.2, 0.25) is 0 Å². The van der Waals surface area contributed by atoms with E-state index in [-0.39, 0.29) is 23.8 Å². The normalized spacial score (nSPS) is 11.4. The highest BCUT2D eigenvalue weighted by Crippen LogP contribution is 2.17. The van der Waals surface area contributed by atoms with Crippen LogP contribution in [0.5, 0.6) is 5.75 Å². The van der Waals surface area contributed by atoms with Gasteiger partial charge in [0.2, 0.25) is 0 Å². The summed E-state index contributed by atoms with van der Waals surface area (Å²) >= 11 is 0. The van der Waals surface area contributed by atoms with E-state index in [1.807, 2.05) is 0 Å². The number of nitrogen functional groups attached to an aromatic ring is 1. The molecule has 0 radical (unpaired) electrons. The smallest absolute Gasteiger partial charge is 0.150 e. The molecule has 2 N–H and O–H groups in total. The Morgan fingerprint density at radius 2 is 2.12 bits per heavy atom. The van der Waals surface area contributed by atoms with Gasteiger partial charge < -0.3 is 10.5 Å². The maximum atomic E-state index is 13.0. The first kappa shape index (κ1) is 13.8. The van der Waals surface area contributed by atoms with Crippen LogP contribution in [0.15, 0.2) is 18.2 Å². The second-order valence-electron chi connectivity index (χ2n) is 3.62. The average molecular weight is 261 g/mol. The molecule has 1 aromatic rings. The summed E-state index contributed by atoms with van der Waals surface area (Å²) in [6.07, 6.45) is 0.391. The molecule has 0 aliphatic heterocycles. The van der Waals surface area contributed by atoms with E-state index in [0.717, 1.165) is 0 Å². The summed E-state index contributed by atoms with van der Waals surface area (Å²) < 4.78 is 40.6. The van der Waals surface area contributed by atoms with Gasteiger partial charge in [-0.2, -0.15) is 0 Å². The van der Waals surface area contributed by atoms with Crippen LogP contribution < -0.4 is 10.5 Å². The molecule has 96 valence electrons. The Labute approximate surface area is 101 Å². The standard InChI is InChI=1S/C11H16FNO3S/c1-2-17(14,15)7-3-6-16-9-4-5-11(13)10(12)8-9/h4-5,8H,2-3,6-7,13H2,1H3. The van der Waals surface area contributed by atoms with Gasteiger partial charge in [-0.25, -0.2) is 12.8 Å². The Morgan fingerprint density at radius 1 is 1.41 bits per heavy atom.